The van der Waals surface area contributed by atoms with Gasteiger partial charge in [0.15, 0.2) is 0 Å². The van der Waals surface area contributed by atoms with Gasteiger partial charge >= 0.3 is 0 Å². The summed E-state index contributed by atoms with van der Waals surface area (Å²) in [5, 5.41) is 11.1. The number of fused-ring (bicyclic) bond motifs is 1. The lowest BCUT2D eigenvalue weighted by atomic mass is 10.2. The number of halogens is 1. The molecule has 33 heavy (non-hydrogen) atoms. The summed E-state index contributed by atoms with van der Waals surface area (Å²) < 4.78 is 20.3. The summed E-state index contributed by atoms with van der Waals surface area (Å²) in [6, 6.07) is 14.9. The monoisotopic (exact) mass is 466 g/mol. The van der Waals surface area contributed by atoms with E-state index < -0.39 is 11.7 Å². The number of methoxy groups -OCH3 is 1. The number of hydrogen-bond acceptors (Lipinski definition) is 5. The second-order valence-electron chi connectivity index (χ2n) is 7.26. The van der Waals surface area contributed by atoms with Crippen molar-refractivity contribution in [2.75, 3.05) is 20.2 Å². The van der Waals surface area contributed by atoms with Gasteiger partial charge in [0.05, 0.1) is 23.4 Å². The topological polar surface area (TPSA) is 85.2 Å². The molecule has 0 aliphatic carbocycles. The van der Waals surface area contributed by atoms with E-state index in [9.17, 15) is 14.0 Å². The van der Waals surface area contributed by atoms with Gasteiger partial charge in [-0.2, -0.15) is 5.10 Å². The highest BCUT2D eigenvalue weighted by Crippen LogP contribution is 2.31. The third kappa shape index (κ3) is 4.88. The maximum Gasteiger partial charge on any atom is 0.261 e. The third-order valence-corrected chi connectivity index (χ3v) is 6.20. The van der Waals surface area contributed by atoms with Crippen LogP contribution in [0.25, 0.3) is 15.9 Å². The van der Waals surface area contributed by atoms with Crippen LogP contribution in [-0.2, 0) is 6.42 Å². The van der Waals surface area contributed by atoms with E-state index in [-0.39, 0.29) is 24.6 Å². The molecule has 0 unspecified atom stereocenters. The van der Waals surface area contributed by atoms with Crippen molar-refractivity contribution in [1.82, 2.24) is 20.4 Å². The molecule has 2 heterocycles. The number of aryl methyl sites for hydroxylation is 1. The first kappa shape index (κ1) is 22.5. The average Bonchev–Trinajstić information content (AvgIpc) is 3.41. The minimum absolute atomic E-state index is 0.223. The van der Waals surface area contributed by atoms with Crippen LogP contribution in [0.1, 0.15) is 32.6 Å². The Balaban J connectivity index is 1.43. The van der Waals surface area contributed by atoms with Crippen LogP contribution in [0.2, 0.25) is 0 Å². The Bertz CT molecular complexity index is 1300. The van der Waals surface area contributed by atoms with Crippen LogP contribution in [0.5, 0.6) is 5.75 Å². The van der Waals surface area contributed by atoms with Crippen LogP contribution in [0.4, 0.5) is 4.39 Å². The summed E-state index contributed by atoms with van der Waals surface area (Å²) in [5.74, 6) is -0.328. The molecule has 0 saturated carbocycles. The first-order chi connectivity index (χ1) is 16.0. The van der Waals surface area contributed by atoms with E-state index in [2.05, 4.69) is 10.6 Å². The van der Waals surface area contributed by atoms with Crippen LogP contribution < -0.4 is 15.4 Å². The molecule has 7 nitrogen and oxygen atoms in total. The molecule has 0 radical (unpaired) electrons. The van der Waals surface area contributed by atoms with Crippen molar-refractivity contribution in [3.05, 3.63) is 76.5 Å². The average molecular weight is 467 g/mol. The molecule has 0 atom stereocenters. The molecule has 2 aromatic carbocycles. The third-order valence-electron chi connectivity index (χ3n) is 5.10. The Labute approximate surface area is 194 Å². The van der Waals surface area contributed by atoms with Crippen molar-refractivity contribution in [2.24, 2.45) is 0 Å². The number of nitrogens with zero attached hydrogens (tertiary/aromatic N) is 2. The molecule has 0 aliphatic rings. The van der Waals surface area contributed by atoms with Gasteiger partial charge in [-0.25, -0.2) is 9.07 Å². The number of aromatic nitrogens is 2. The van der Waals surface area contributed by atoms with Gasteiger partial charge in [0, 0.05) is 24.0 Å². The summed E-state index contributed by atoms with van der Waals surface area (Å²) in [6.45, 7) is 2.50. The van der Waals surface area contributed by atoms with E-state index >= 15 is 0 Å². The number of nitrogens with one attached hydrogen (secondary N) is 2. The first-order valence-electron chi connectivity index (χ1n) is 10.5. The van der Waals surface area contributed by atoms with E-state index in [1.807, 2.05) is 41.9 Å². The molecule has 0 spiro atoms. The molecule has 2 N–H and O–H groups in total. The zero-order chi connectivity index (χ0) is 23.4. The number of hydrogen-bond donors (Lipinski definition) is 2. The minimum atomic E-state index is -0.472. The fraction of sp³-hybridized carbons (Fsp3) is 0.208. The minimum Gasteiger partial charge on any atom is -0.497 e. The van der Waals surface area contributed by atoms with Gasteiger partial charge < -0.3 is 15.4 Å². The molecule has 4 rings (SSSR count). The highest BCUT2D eigenvalue weighted by molar-refractivity contribution is 7.20. The van der Waals surface area contributed by atoms with E-state index in [1.165, 1.54) is 35.6 Å². The molecule has 4 aromatic rings. The molecule has 9 heteroatoms. The molecule has 170 valence electrons. The predicted molar refractivity (Wildman–Crippen MR) is 126 cm³/mol. The summed E-state index contributed by atoms with van der Waals surface area (Å²) in [5.41, 5.74) is 2.04. The highest BCUT2D eigenvalue weighted by Gasteiger charge is 2.18. The van der Waals surface area contributed by atoms with Crippen molar-refractivity contribution in [3.8, 4) is 11.4 Å². The predicted octanol–water partition coefficient (Wildman–Crippen LogP) is 3.96. The van der Waals surface area contributed by atoms with Gasteiger partial charge in [-0.3, -0.25) is 9.59 Å². The second-order valence-corrected chi connectivity index (χ2v) is 8.29. The zero-order valence-electron chi connectivity index (χ0n) is 18.2. The number of carbonyl (C=O) groups is 2. The SMILES string of the molecule is CCc1nn(-c2ccc(OC)cc2)c2sc(C(=O)NCCNC(=O)c3cccc(F)c3)cc12. The summed E-state index contributed by atoms with van der Waals surface area (Å²) >= 11 is 1.36. The number of rotatable bonds is 8. The lowest BCUT2D eigenvalue weighted by Gasteiger charge is -2.07. The van der Waals surface area contributed by atoms with Crippen molar-refractivity contribution in [1.29, 1.82) is 0 Å². The van der Waals surface area contributed by atoms with Gasteiger partial charge in [-0.05, 0) is 55.0 Å². The number of carbonyl (C=O) groups excluding carboxylic acids is 2. The van der Waals surface area contributed by atoms with Gasteiger partial charge in [0.2, 0.25) is 0 Å². The fourth-order valence-electron chi connectivity index (χ4n) is 3.41. The Hall–Kier alpha value is -3.72. The summed E-state index contributed by atoms with van der Waals surface area (Å²) in [4.78, 5) is 26.2. The Morgan fingerprint density at radius 1 is 1.06 bits per heavy atom. The Morgan fingerprint density at radius 2 is 1.79 bits per heavy atom. The van der Waals surface area contributed by atoms with Crippen LogP contribution in [-0.4, -0.2) is 41.8 Å². The highest BCUT2D eigenvalue weighted by atomic mass is 32.1. The Kier molecular flexibility index (Phi) is 6.69. The number of benzene rings is 2. The first-order valence-corrected chi connectivity index (χ1v) is 11.3. The van der Waals surface area contributed by atoms with Crippen LogP contribution >= 0.6 is 11.3 Å². The summed E-state index contributed by atoms with van der Waals surface area (Å²) in [6.07, 6.45) is 0.740. The maximum atomic E-state index is 13.2. The van der Waals surface area contributed by atoms with Crippen LogP contribution in [0, 0.1) is 5.82 Å². The molecular formula is C24H23FN4O3S. The largest absolute Gasteiger partial charge is 0.497 e. The van der Waals surface area contributed by atoms with Crippen molar-refractivity contribution in [2.45, 2.75) is 13.3 Å². The number of ether oxygens (including phenoxy) is 1. The summed E-state index contributed by atoms with van der Waals surface area (Å²) in [7, 11) is 1.62. The van der Waals surface area contributed by atoms with Crippen molar-refractivity contribution in [3.63, 3.8) is 0 Å². The van der Waals surface area contributed by atoms with Gasteiger partial charge in [0.25, 0.3) is 11.8 Å². The number of amides is 2. The standard InChI is InChI=1S/C24H23FN4O3S/c1-3-20-19-14-21(33-24(19)29(28-20)17-7-9-18(32-2)10-8-17)23(31)27-12-11-26-22(30)15-5-4-6-16(25)13-15/h4-10,13-14H,3,11-12H2,1-2H3,(H,26,30)(H,27,31). The fourth-order valence-corrected chi connectivity index (χ4v) is 4.48. The smallest absolute Gasteiger partial charge is 0.261 e. The quantitative estimate of drug-likeness (QED) is 0.385. The molecule has 2 amide bonds. The van der Waals surface area contributed by atoms with Gasteiger partial charge in [-0.15, -0.1) is 11.3 Å². The maximum absolute atomic E-state index is 13.2. The van der Waals surface area contributed by atoms with Gasteiger partial charge in [-0.1, -0.05) is 13.0 Å². The molecule has 0 fully saturated rings. The zero-order valence-corrected chi connectivity index (χ0v) is 19.0. The lowest BCUT2D eigenvalue weighted by Crippen LogP contribution is -2.34. The molecule has 0 bridgehead atoms. The molecule has 0 aliphatic heterocycles. The molecular weight excluding hydrogens is 443 g/mol. The van der Waals surface area contributed by atoms with Crippen molar-refractivity contribution >= 4 is 33.4 Å². The molecule has 2 aromatic heterocycles. The van der Waals surface area contributed by atoms with Gasteiger partial charge in [0.1, 0.15) is 16.4 Å². The van der Waals surface area contributed by atoms with Crippen LogP contribution in [0.3, 0.4) is 0 Å². The lowest BCUT2D eigenvalue weighted by molar-refractivity contribution is 0.0929. The van der Waals surface area contributed by atoms with E-state index in [4.69, 9.17) is 9.84 Å². The normalized spacial score (nSPS) is 10.9. The van der Waals surface area contributed by atoms with Crippen molar-refractivity contribution < 1.29 is 18.7 Å². The van der Waals surface area contributed by atoms with E-state index in [0.717, 1.165) is 33.8 Å². The second kappa shape index (κ2) is 9.83. The van der Waals surface area contributed by atoms with E-state index in [0.29, 0.717) is 4.88 Å². The molecule has 0 saturated heterocycles. The Morgan fingerprint density at radius 3 is 2.45 bits per heavy atom. The van der Waals surface area contributed by atoms with Crippen LogP contribution in [0.15, 0.2) is 54.6 Å². The number of thiophene rings is 1. The van der Waals surface area contributed by atoms with E-state index in [1.54, 1.807) is 7.11 Å².